The van der Waals surface area contributed by atoms with E-state index in [0.717, 1.165) is 25.7 Å². The highest BCUT2D eigenvalue weighted by atomic mass is 16.6. The number of hydrogen-bond donors (Lipinski definition) is 3. The summed E-state index contributed by atoms with van der Waals surface area (Å²) in [5, 5.41) is 29.1. The van der Waals surface area contributed by atoms with Gasteiger partial charge >= 0.3 is 18.0 Å². The van der Waals surface area contributed by atoms with E-state index in [2.05, 4.69) is 21.5 Å². The number of aliphatic hydroxyl groups is 1. The first-order chi connectivity index (χ1) is 20.8. The Balaban J connectivity index is 1.60. The fraction of sp³-hybridized carbons (Fsp3) is 0.677. The van der Waals surface area contributed by atoms with Crippen LogP contribution in [0, 0.1) is 29.1 Å². The number of nitriles is 1. The molecule has 2 saturated carbocycles. The second-order valence-electron chi connectivity index (χ2n) is 13.3. The van der Waals surface area contributed by atoms with Crippen LogP contribution in [0.15, 0.2) is 18.5 Å². The molecule has 0 unspecified atom stereocenters. The van der Waals surface area contributed by atoms with Crippen molar-refractivity contribution in [2.24, 2.45) is 17.8 Å². The number of nitrogens with zero attached hydrogens (tertiary/aromatic N) is 4. The Bertz CT molecular complexity index is 1390. The molecule has 44 heavy (non-hydrogen) atoms. The van der Waals surface area contributed by atoms with Crippen LogP contribution >= 0.6 is 0 Å². The number of rotatable bonds is 9. The van der Waals surface area contributed by atoms with Crippen LogP contribution in [0.4, 0.5) is 10.6 Å². The van der Waals surface area contributed by atoms with Gasteiger partial charge in [0.05, 0.1) is 18.4 Å². The summed E-state index contributed by atoms with van der Waals surface area (Å²) in [4.78, 5) is 42.9. The molecule has 2 heterocycles. The number of esters is 2. The number of hydrogen-bond acceptors (Lipinski definition) is 11. The highest BCUT2D eigenvalue weighted by molar-refractivity contribution is 5.82. The van der Waals surface area contributed by atoms with E-state index in [9.17, 15) is 24.8 Å². The zero-order chi connectivity index (χ0) is 32.2. The molecule has 2 aliphatic rings. The number of carbonyl (C=O) groups is 3. The first-order valence-corrected chi connectivity index (χ1v) is 15.3. The quantitative estimate of drug-likeness (QED) is 0.278. The fourth-order valence-corrected chi connectivity index (χ4v) is 6.24. The molecule has 2 aromatic rings. The van der Waals surface area contributed by atoms with Crippen molar-refractivity contribution in [3.05, 3.63) is 24.2 Å². The number of fused-ring (bicyclic) bond motifs is 1. The number of aromatic nitrogens is 3. The minimum Gasteiger partial charge on any atom is -0.465 e. The molecule has 0 bridgehead atoms. The Hall–Kier alpha value is -3.92. The lowest BCUT2D eigenvalue weighted by Gasteiger charge is -2.29. The van der Waals surface area contributed by atoms with Gasteiger partial charge in [0.1, 0.15) is 41.1 Å². The van der Waals surface area contributed by atoms with Crippen LogP contribution in [-0.2, 0) is 29.2 Å². The SMILES string of the molecule is CC(C)[C@H](NC(=O)OC(C)(C)C)C(=O)O[C@@H]1[C@@H](COC(=O)CC2CCCCC2)C[C@@](C#N)(c2ccc3c(N)ncnn23)[C@@H]1O. The molecule has 0 aliphatic heterocycles. The van der Waals surface area contributed by atoms with E-state index < -0.39 is 53.2 Å². The Kier molecular flexibility index (Phi) is 10.0. The van der Waals surface area contributed by atoms with Crippen molar-refractivity contribution in [2.45, 2.75) is 109 Å². The number of aliphatic hydroxyl groups excluding tert-OH is 1. The first kappa shape index (κ1) is 33.0. The van der Waals surface area contributed by atoms with Gasteiger partial charge in [-0.25, -0.2) is 19.1 Å². The largest absolute Gasteiger partial charge is 0.465 e. The van der Waals surface area contributed by atoms with Crippen LogP contribution in [-0.4, -0.2) is 68.2 Å². The zero-order valence-electron chi connectivity index (χ0n) is 26.1. The monoisotopic (exact) mass is 612 g/mol. The predicted octanol–water partition coefficient (Wildman–Crippen LogP) is 3.43. The number of alkyl carbamates (subject to hydrolysis) is 1. The van der Waals surface area contributed by atoms with Crippen molar-refractivity contribution in [1.82, 2.24) is 19.9 Å². The Morgan fingerprint density at radius 1 is 1.23 bits per heavy atom. The molecular formula is C31H44N6O7. The van der Waals surface area contributed by atoms with Gasteiger partial charge in [0, 0.05) is 12.3 Å². The second kappa shape index (κ2) is 13.4. The lowest BCUT2D eigenvalue weighted by molar-refractivity contribution is -0.163. The van der Waals surface area contributed by atoms with Gasteiger partial charge in [0.15, 0.2) is 5.82 Å². The van der Waals surface area contributed by atoms with Gasteiger partial charge in [-0.3, -0.25) is 4.79 Å². The highest BCUT2D eigenvalue weighted by Gasteiger charge is 2.58. The molecule has 4 rings (SSSR count). The number of anilines is 1. The Morgan fingerprint density at radius 3 is 2.57 bits per heavy atom. The minimum atomic E-state index is -1.59. The lowest BCUT2D eigenvalue weighted by atomic mass is 9.81. The molecule has 13 heteroatoms. The number of ether oxygens (including phenoxy) is 3. The summed E-state index contributed by atoms with van der Waals surface area (Å²) in [6.45, 7) is 8.40. The van der Waals surface area contributed by atoms with Gasteiger partial charge in [0.2, 0.25) is 0 Å². The molecule has 0 aromatic carbocycles. The van der Waals surface area contributed by atoms with E-state index in [1.807, 2.05) is 0 Å². The van der Waals surface area contributed by atoms with Gasteiger partial charge in [0.25, 0.3) is 0 Å². The van der Waals surface area contributed by atoms with Crippen LogP contribution in [0.2, 0.25) is 0 Å². The van der Waals surface area contributed by atoms with E-state index in [4.69, 9.17) is 19.9 Å². The molecule has 1 amide bonds. The lowest BCUT2D eigenvalue weighted by Crippen LogP contribution is -2.50. The van der Waals surface area contributed by atoms with Crippen LogP contribution < -0.4 is 11.1 Å². The number of nitrogen functional groups attached to an aromatic ring is 1. The average Bonchev–Trinajstić information content (AvgIpc) is 3.50. The molecule has 0 radical (unpaired) electrons. The van der Waals surface area contributed by atoms with Gasteiger partial charge in [-0.05, 0) is 64.0 Å². The standard InChI is InChI=1S/C31H44N6O7/c1-18(2)24(36-29(41)44-30(3,4)5)28(40)43-25-20(15-42-23(38)13-19-9-7-6-8-10-19)14-31(16-32,26(25)39)22-12-11-21-27(33)34-17-35-37(21)22/h11-12,17-20,24-26,39H,6-10,13-15H2,1-5H3,(H,36,41)(H2,33,34,35)/t20-,24+,25-,26-,31-/m1/s1. The summed E-state index contributed by atoms with van der Waals surface area (Å²) in [6, 6.07) is 4.41. The van der Waals surface area contributed by atoms with E-state index in [0.29, 0.717) is 11.2 Å². The van der Waals surface area contributed by atoms with Crippen molar-refractivity contribution in [3.8, 4) is 6.07 Å². The van der Waals surface area contributed by atoms with Gasteiger partial charge in [-0.1, -0.05) is 33.1 Å². The van der Waals surface area contributed by atoms with E-state index >= 15 is 0 Å². The van der Waals surface area contributed by atoms with Crippen LogP contribution in [0.25, 0.3) is 5.52 Å². The van der Waals surface area contributed by atoms with Crippen LogP contribution in [0.1, 0.15) is 85.3 Å². The summed E-state index contributed by atoms with van der Waals surface area (Å²) < 4.78 is 18.3. The number of amides is 1. The fourth-order valence-electron chi connectivity index (χ4n) is 6.24. The maximum atomic E-state index is 13.5. The number of nitrogens with one attached hydrogen (secondary N) is 1. The van der Waals surface area contributed by atoms with Crippen LogP contribution in [0.3, 0.4) is 0 Å². The maximum absolute atomic E-state index is 13.5. The second-order valence-corrected chi connectivity index (χ2v) is 13.3. The summed E-state index contributed by atoms with van der Waals surface area (Å²) in [5.74, 6) is -1.85. The minimum absolute atomic E-state index is 0.00117. The molecule has 5 atom stereocenters. The van der Waals surface area contributed by atoms with Crippen molar-refractivity contribution < 1.29 is 33.7 Å². The maximum Gasteiger partial charge on any atom is 0.408 e. The molecule has 2 fully saturated rings. The Morgan fingerprint density at radius 2 is 1.93 bits per heavy atom. The Labute approximate surface area is 257 Å². The average molecular weight is 613 g/mol. The van der Waals surface area contributed by atoms with E-state index in [1.54, 1.807) is 46.8 Å². The van der Waals surface area contributed by atoms with Gasteiger partial charge in [-0.15, -0.1) is 0 Å². The third-order valence-electron chi connectivity index (χ3n) is 8.49. The molecule has 4 N–H and O–H groups in total. The molecule has 2 aromatic heterocycles. The number of carbonyl (C=O) groups excluding carboxylic acids is 3. The summed E-state index contributed by atoms with van der Waals surface area (Å²) in [5.41, 5.74) is 4.42. The normalized spacial score (nSPS) is 24.9. The van der Waals surface area contributed by atoms with Crippen molar-refractivity contribution >= 4 is 29.4 Å². The number of nitrogens with two attached hydrogens (primary N) is 1. The molecular weight excluding hydrogens is 568 g/mol. The van der Waals surface area contributed by atoms with Crippen molar-refractivity contribution in [2.75, 3.05) is 12.3 Å². The van der Waals surface area contributed by atoms with Gasteiger partial charge < -0.3 is 30.4 Å². The third-order valence-corrected chi connectivity index (χ3v) is 8.49. The first-order valence-electron chi connectivity index (χ1n) is 15.3. The molecule has 240 valence electrons. The predicted molar refractivity (Wildman–Crippen MR) is 159 cm³/mol. The van der Waals surface area contributed by atoms with Crippen molar-refractivity contribution in [3.63, 3.8) is 0 Å². The van der Waals surface area contributed by atoms with E-state index in [-0.39, 0.29) is 37.2 Å². The summed E-state index contributed by atoms with van der Waals surface area (Å²) >= 11 is 0. The third kappa shape index (κ3) is 7.23. The summed E-state index contributed by atoms with van der Waals surface area (Å²) in [7, 11) is 0. The zero-order valence-corrected chi connectivity index (χ0v) is 26.1. The van der Waals surface area contributed by atoms with Gasteiger partial charge in [-0.2, -0.15) is 10.4 Å². The topological polar surface area (TPSA) is 191 Å². The molecule has 0 saturated heterocycles. The molecule has 0 spiro atoms. The van der Waals surface area contributed by atoms with E-state index in [1.165, 1.54) is 17.3 Å². The summed E-state index contributed by atoms with van der Waals surface area (Å²) in [6.07, 6.45) is 3.27. The van der Waals surface area contributed by atoms with Crippen molar-refractivity contribution in [1.29, 1.82) is 5.26 Å². The molecule has 2 aliphatic carbocycles. The van der Waals surface area contributed by atoms with Crippen LogP contribution in [0.5, 0.6) is 0 Å². The smallest absolute Gasteiger partial charge is 0.408 e. The molecule has 13 nitrogen and oxygen atoms in total. The highest BCUT2D eigenvalue weighted by Crippen LogP contribution is 2.46.